The van der Waals surface area contributed by atoms with Crippen LogP contribution in [-0.4, -0.2) is 37.7 Å². The minimum atomic E-state index is -1.79. The van der Waals surface area contributed by atoms with E-state index < -0.39 is 8.32 Å². The average Bonchev–Trinajstić information content (AvgIpc) is 2.29. The first kappa shape index (κ1) is 19.1. The third kappa shape index (κ3) is 4.78. The second-order valence-electron chi connectivity index (χ2n) is 8.77. The summed E-state index contributed by atoms with van der Waals surface area (Å²) in [6, 6.07) is 0.407. The third-order valence-electron chi connectivity index (χ3n) is 5.02. The molecule has 2 atom stereocenters. The molecular weight excluding hydrogens is 278 g/mol. The molecule has 0 spiro atoms. The smallest absolute Gasteiger partial charge is 0.220 e. The van der Waals surface area contributed by atoms with Gasteiger partial charge in [-0.2, -0.15) is 5.06 Å². The lowest BCUT2D eigenvalue weighted by Gasteiger charge is -2.52. The Morgan fingerprint density at radius 3 is 2.24 bits per heavy atom. The maximum Gasteiger partial charge on any atom is 0.220 e. The van der Waals surface area contributed by atoms with Crippen LogP contribution >= 0.6 is 0 Å². The van der Waals surface area contributed by atoms with E-state index in [1.165, 1.54) is 0 Å². The number of hydrogen-bond acceptors (Lipinski definition) is 3. The second-order valence-corrected chi connectivity index (χ2v) is 13.5. The zero-order chi connectivity index (χ0) is 16.5. The van der Waals surface area contributed by atoms with Gasteiger partial charge >= 0.3 is 0 Å². The van der Waals surface area contributed by atoms with E-state index in [9.17, 15) is 0 Å². The van der Waals surface area contributed by atoms with E-state index in [2.05, 4.69) is 66.6 Å². The van der Waals surface area contributed by atoms with Crippen LogP contribution in [0.5, 0.6) is 0 Å². The molecule has 1 fully saturated rings. The van der Waals surface area contributed by atoms with Crippen molar-refractivity contribution in [2.24, 2.45) is 0 Å². The lowest BCUT2D eigenvalue weighted by atomic mass is 9.87. The second kappa shape index (κ2) is 6.69. The summed E-state index contributed by atoms with van der Waals surface area (Å²) < 4.78 is 12.7. The number of ether oxygens (including phenoxy) is 1. The van der Waals surface area contributed by atoms with Gasteiger partial charge in [-0.25, -0.2) is 0 Å². The highest BCUT2D eigenvalue weighted by atomic mass is 28.4. The van der Waals surface area contributed by atoms with Crippen LogP contribution in [0.1, 0.15) is 67.7 Å². The summed E-state index contributed by atoms with van der Waals surface area (Å²) in [5.74, 6) is 0. The molecule has 1 saturated heterocycles. The van der Waals surface area contributed by atoms with Crippen LogP contribution in [-0.2, 0) is 9.26 Å². The van der Waals surface area contributed by atoms with Crippen LogP contribution < -0.4 is 0 Å². The van der Waals surface area contributed by atoms with Crippen molar-refractivity contribution < 1.29 is 9.26 Å². The number of nitrogens with zero attached hydrogens (tertiary/aromatic N) is 1. The highest BCUT2D eigenvalue weighted by molar-refractivity contribution is 6.74. The Balaban J connectivity index is 2.80. The quantitative estimate of drug-likeness (QED) is 0.668. The van der Waals surface area contributed by atoms with Crippen LogP contribution in [0.4, 0.5) is 0 Å². The number of hydrogen-bond donors (Lipinski definition) is 0. The Bertz CT molecular complexity index is 336. The van der Waals surface area contributed by atoms with Gasteiger partial charge in [0, 0.05) is 18.2 Å². The highest BCUT2D eigenvalue weighted by Crippen LogP contribution is 2.41. The van der Waals surface area contributed by atoms with Gasteiger partial charge in [-0.05, 0) is 58.2 Å². The molecule has 0 aromatic heterocycles. The molecule has 2 unspecified atom stereocenters. The van der Waals surface area contributed by atoms with Crippen LogP contribution in [0, 0.1) is 0 Å². The van der Waals surface area contributed by atoms with Gasteiger partial charge in [-0.3, -0.25) is 0 Å². The average molecular weight is 316 g/mol. The van der Waals surface area contributed by atoms with Gasteiger partial charge in [-0.15, -0.1) is 0 Å². The molecule has 0 aliphatic carbocycles. The lowest BCUT2D eigenvalue weighted by Crippen LogP contribution is -2.60. The molecule has 0 bridgehead atoms. The van der Waals surface area contributed by atoms with Gasteiger partial charge < -0.3 is 9.26 Å². The number of rotatable bonds is 5. The molecule has 0 amide bonds. The summed E-state index contributed by atoms with van der Waals surface area (Å²) in [7, 11) is -1.79. The first-order valence-corrected chi connectivity index (χ1v) is 11.4. The third-order valence-corrected chi connectivity index (χ3v) is 9.28. The van der Waals surface area contributed by atoms with Crippen molar-refractivity contribution in [3.05, 3.63) is 0 Å². The number of piperidine rings is 1. The first-order chi connectivity index (χ1) is 9.40. The maximum atomic E-state index is 6.64. The van der Waals surface area contributed by atoms with E-state index in [1.54, 1.807) is 0 Å². The topological polar surface area (TPSA) is 21.7 Å². The Labute approximate surface area is 133 Å². The Morgan fingerprint density at radius 1 is 1.24 bits per heavy atom. The summed E-state index contributed by atoms with van der Waals surface area (Å²) in [5, 5.41) is 2.52. The molecule has 0 radical (unpaired) electrons. The Hall–Kier alpha value is 0.0969. The zero-order valence-electron chi connectivity index (χ0n) is 15.7. The molecule has 1 aliphatic heterocycles. The van der Waals surface area contributed by atoms with E-state index in [0.29, 0.717) is 12.1 Å². The molecule has 3 nitrogen and oxygen atoms in total. The van der Waals surface area contributed by atoms with Crippen LogP contribution in [0.3, 0.4) is 0 Å². The van der Waals surface area contributed by atoms with Crippen LogP contribution in [0.15, 0.2) is 0 Å². The molecule has 1 heterocycles. The molecule has 0 aromatic rings. The first-order valence-electron chi connectivity index (χ1n) is 8.51. The predicted octanol–water partition coefficient (Wildman–Crippen LogP) is 4.98. The van der Waals surface area contributed by atoms with Gasteiger partial charge in [0.1, 0.15) is 0 Å². The fraction of sp³-hybridized carbons (Fsp3) is 1.00. The van der Waals surface area contributed by atoms with Gasteiger partial charge in [0.25, 0.3) is 0 Å². The maximum absolute atomic E-state index is 6.64. The van der Waals surface area contributed by atoms with Gasteiger partial charge in [-0.1, -0.05) is 27.7 Å². The van der Waals surface area contributed by atoms with Crippen molar-refractivity contribution in [3.8, 4) is 0 Å². The molecule has 21 heavy (non-hydrogen) atoms. The predicted molar refractivity (Wildman–Crippen MR) is 92.9 cm³/mol. The molecule has 0 aromatic carbocycles. The highest BCUT2D eigenvalue weighted by Gasteiger charge is 2.46. The molecule has 126 valence electrons. The molecule has 0 N–H and O–H groups in total. The molecule has 0 saturated carbocycles. The number of hydroxylamine groups is 2. The van der Waals surface area contributed by atoms with Crippen LogP contribution in [0.25, 0.3) is 0 Å². The van der Waals surface area contributed by atoms with Crippen molar-refractivity contribution >= 4 is 8.32 Å². The van der Waals surface area contributed by atoms with Crippen molar-refractivity contribution in [1.29, 1.82) is 0 Å². The minimum Gasteiger partial charge on any atom is -0.378 e. The molecule has 4 heteroatoms. The Kier molecular flexibility index (Phi) is 6.10. The SMILES string of the molecule is CCCOC1CC(C)N(O[Si](C)(C)C(C)(C)C)C(C)(C)C1. The summed E-state index contributed by atoms with van der Waals surface area (Å²) in [4.78, 5) is 0. The van der Waals surface area contributed by atoms with Gasteiger partial charge in [0.15, 0.2) is 0 Å². The molecular formula is C17H37NO2Si. The molecule has 1 aliphatic rings. The molecule has 1 rings (SSSR count). The lowest BCUT2D eigenvalue weighted by molar-refractivity contribution is -0.213. The fourth-order valence-electron chi connectivity index (χ4n) is 2.81. The summed E-state index contributed by atoms with van der Waals surface area (Å²) in [6.45, 7) is 21.5. The van der Waals surface area contributed by atoms with E-state index >= 15 is 0 Å². The minimum absolute atomic E-state index is 0.0333. The van der Waals surface area contributed by atoms with Crippen molar-refractivity contribution in [1.82, 2.24) is 5.06 Å². The van der Waals surface area contributed by atoms with Crippen molar-refractivity contribution in [3.63, 3.8) is 0 Å². The summed E-state index contributed by atoms with van der Waals surface area (Å²) in [6.07, 6.45) is 3.58. The summed E-state index contributed by atoms with van der Waals surface area (Å²) in [5.41, 5.74) is 0.0333. The van der Waals surface area contributed by atoms with Gasteiger partial charge in [0.2, 0.25) is 8.32 Å². The monoisotopic (exact) mass is 315 g/mol. The standard InChI is InChI=1S/C17H37NO2Si/c1-10-11-19-15-12-14(2)18(17(6,7)13-15)20-21(8,9)16(3,4)5/h14-15H,10-13H2,1-9H3. The van der Waals surface area contributed by atoms with Gasteiger partial charge in [0.05, 0.1) is 6.10 Å². The Morgan fingerprint density at radius 2 is 1.81 bits per heavy atom. The fourth-order valence-corrected chi connectivity index (χ4v) is 4.00. The van der Waals surface area contributed by atoms with E-state index in [4.69, 9.17) is 9.26 Å². The van der Waals surface area contributed by atoms with E-state index in [0.717, 1.165) is 25.9 Å². The van der Waals surface area contributed by atoms with E-state index in [-0.39, 0.29) is 10.6 Å². The van der Waals surface area contributed by atoms with Crippen molar-refractivity contribution in [2.45, 2.75) is 104 Å². The summed E-state index contributed by atoms with van der Waals surface area (Å²) >= 11 is 0. The van der Waals surface area contributed by atoms with E-state index in [1.807, 2.05) is 0 Å². The van der Waals surface area contributed by atoms with Crippen molar-refractivity contribution in [2.75, 3.05) is 6.61 Å². The normalized spacial score (nSPS) is 27.9. The van der Waals surface area contributed by atoms with Crippen LogP contribution in [0.2, 0.25) is 18.1 Å². The largest absolute Gasteiger partial charge is 0.378 e. The zero-order valence-corrected chi connectivity index (χ0v) is 16.7.